The first-order valence-electron chi connectivity index (χ1n) is 14.9. The number of hydrogen-bond donors (Lipinski definition) is 3. The molecule has 0 saturated heterocycles. The average molecular weight is 579 g/mol. The van der Waals surface area contributed by atoms with Gasteiger partial charge < -0.3 is 19.8 Å². The molecule has 0 saturated carbocycles. The monoisotopic (exact) mass is 578 g/mol. The van der Waals surface area contributed by atoms with Gasteiger partial charge in [-0.1, -0.05) is 20.4 Å². The molecule has 2 aromatic heterocycles. The van der Waals surface area contributed by atoms with Crippen LogP contribution in [0.5, 0.6) is 0 Å². The SMILES string of the molecule is C=C1C(=O)c2c(C)c3cc4nc(cc5nc(cc6[nH]c(c1c2[nH]3)[C@@H](CCC(=O)OC)[C@@H]6C)C(C)=C5[C@@H](C)O)C(C)=C4CC. The second-order valence-corrected chi connectivity index (χ2v) is 12.0. The summed E-state index contributed by atoms with van der Waals surface area (Å²) in [5.74, 6) is -0.473. The highest BCUT2D eigenvalue weighted by Crippen LogP contribution is 2.47. The average Bonchev–Trinajstić information content (AvgIpc) is 3.69. The van der Waals surface area contributed by atoms with Crippen LogP contribution in [0.1, 0.15) is 121 Å². The number of ether oxygens (including phenoxy) is 1. The third-order valence-corrected chi connectivity index (χ3v) is 9.55. The number of methoxy groups -OCH3 is 1. The maximum atomic E-state index is 13.7. The van der Waals surface area contributed by atoms with Crippen molar-refractivity contribution >= 4 is 50.7 Å². The van der Waals surface area contributed by atoms with Crippen LogP contribution < -0.4 is 0 Å². The fraction of sp³-hybridized carbons (Fsp3) is 0.371. The molecule has 8 nitrogen and oxygen atoms in total. The van der Waals surface area contributed by atoms with Crippen molar-refractivity contribution in [1.29, 1.82) is 0 Å². The molecule has 43 heavy (non-hydrogen) atoms. The van der Waals surface area contributed by atoms with E-state index in [1.165, 1.54) is 7.11 Å². The summed E-state index contributed by atoms with van der Waals surface area (Å²) in [7, 11) is 1.40. The van der Waals surface area contributed by atoms with Crippen LogP contribution in [-0.4, -0.2) is 50.0 Å². The summed E-state index contributed by atoms with van der Waals surface area (Å²) < 4.78 is 4.96. The van der Waals surface area contributed by atoms with Crippen molar-refractivity contribution in [2.24, 2.45) is 0 Å². The largest absolute Gasteiger partial charge is 0.469 e. The van der Waals surface area contributed by atoms with Crippen LogP contribution in [-0.2, 0) is 9.53 Å². The van der Waals surface area contributed by atoms with E-state index in [4.69, 9.17) is 14.7 Å². The third-order valence-electron chi connectivity index (χ3n) is 9.55. The highest BCUT2D eigenvalue weighted by Gasteiger charge is 2.37. The molecule has 0 spiro atoms. The zero-order chi connectivity index (χ0) is 30.9. The topological polar surface area (TPSA) is 121 Å². The number of aryl methyl sites for hydroxylation is 1. The molecule has 1 aliphatic carbocycles. The van der Waals surface area contributed by atoms with Gasteiger partial charge in [-0.2, -0.15) is 0 Å². The fourth-order valence-corrected chi connectivity index (χ4v) is 7.08. The predicted molar refractivity (Wildman–Crippen MR) is 170 cm³/mol. The lowest BCUT2D eigenvalue weighted by Gasteiger charge is -2.17. The van der Waals surface area contributed by atoms with Crippen LogP contribution in [0.15, 0.2) is 24.8 Å². The fourth-order valence-electron chi connectivity index (χ4n) is 7.08. The quantitative estimate of drug-likeness (QED) is 0.258. The molecule has 0 fully saturated rings. The summed E-state index contributed by atoms with van der Waals surface area (Å²) >= 11 is 0. The van der Waals surface area contributed by atoms with E-state index in [2.05, 4.69) is 37.3 Å². The van der Waals surface area contributed by atoms with E-state index in [0.29, 0.717) is 23.3 Å². The van der Waals surface area contributed by atoms with E-state index < -0.39 is 6.10 Å². The molecule has 0 radical (unpaired) electrons. The molecule has 3 atom stereocenters. The summed E-state index contributed by atoms with van der Waals surface area (Å²) in [6.45, 7) is 16.2. The number of nitrogens with zero attached hydrogens (tertiary/aromatic N) is 2. The molecule has 222 valence electrons. The van der Waals surface area contributed by atoms with Gasteiger partial charge in [0.2, 0.25) is 0 Å². The van der Waals surface area contributed by atoms with E-state index in [1.807, 2.05) is 32.0 Å². The molecule has 0 amide bonds. The van der Waals surface area contributed by atoms with Gasteiger partial charge in [-0.3, -0.25) is 9.59 Å². The third kappa shape index (κ3) is 4.38. The maximum Gasteiger partial charge on any atom is 0.305 e. The molecule has 8 bridgehead atoms. The molecule has 3 N–H and O–H groups in total. The molecule has 4 aliphatic rings. The van der Waals surface area contributed by atoms with Gasteiger partial charge in [0.1, 0.15) is 0 Å². The summed E-state index contributed by atoms with van der Waals surface area (Å²) in [5.41, 5.74) is 13.0. The number of aromatic nitrogens is 4. The summed E-state index contributed by atoms with van der Waals surface area (Å²) in [6, 6.07) is 6.02. The van der Waals surface area contributed by atoms with Crippen LogP contribution in [0.4, 0.5) is 0 Å². The van der Waals surface area contributed by atoms with Crippen LogP contribution in [0, 0.1) is 6.92 Å². The van der Waals surface area contributed by atoms with E-state index in [1.54, 1.807) is 6.92 Å². The number of ketones is 1. The maximum absolute atomic E-state index is 13.7. The lowest BCUT2D eigenvalue weighted by atomic mass is 9.85. The Labute approximate surface area is 251 Å². The number of aliphatic hydroxyl groups excluding tert-OH is 1. The first kappa shape index (κ1) is 28.8. The second kappa shape index (κ2) is 10.5. The van der Waals surface area contributed by atoms with Gasteiger partial charge >= 0.3 is 5.97 Å². The van der Waals surface area contributed by atoms with Gasteiger partial charge in [0.25, 0.3) is 0 Å². The van der Waals surface area contributed by atoms with Crippen LogP contribution in [0.2, 0.25) is 0 Å². The number of carbonyl (C=O) groups is 2. The Hall–Kier alpha value is -4.30. The van der Waals surface area contributed by atoms with Crippen LogP contribution in [0.3, 0.4) is 0 Å². The number of carbonyl (C=O) groups excluding carboxylic acids is 2. The minimum absolute atomic E-state index is 0.0105. The first-order chi connectivity index (χ1) is 20.5. The molecule has 0 aromatic carbocycles. The van der Waals surface area contributed by atoms with E-state index in [0.717, 1.165) is 79.3 Å². The molecule has 3 aliphatic heterocycles. The molecule has 5 heterocycles. The number of nitrogens with one attached hydrogen (secondary N) is 2. The Bertz CT molecular complexity index is 1880. The minimum atomic E-state index is -0.717. The standard InChI is InChI=1S/C35H38N4O4/c1-9-21-15(2)23-14-28-30(20(7)40)17(4)25(37-28)12-24-16(3)22(10-11-29(41)43-8)33(38-24)31-19(6)35(42)32-18(5)26(39-34(31)32)13-27(21)36-23/h12-14,16,20,22,38-40H,6,9-11H2,1-5,7-8H3/t16-,20+,22-/m0/s1. The highest BCUT2D eigenvalue weighted by molar-refractivity contribution is 6.38. The number of H-pyrrole nitrogens is 2. The lowest BCUT2D eigenvalue weighted by Crippen LogP contribution is -2.09. The summed E-state index contributed by atoms with van der Waals surface area (Å²) in [5, 5.41) is 10.8. The normalized spacial score (nSPS) is 19.3. The van der Waals surface area contributed by atoms with Gasteiger partial charge in [-0.05, 0) is 81.0 Å². The number of aromatic amines is 2. The molecular weight excluding hydrogens is 540 g/mol. The van der Waals surface area contributed by atoms with Crippen molar-refractivity contribution in [3.05, 3.63) is 75.6 Å². The van der Waals surface area contributed by atoms with Gasteiger partial charge in [-0.25, -0.2) is 9.97 Å². The van der Waals surface area contributed by atoms with Crippen LogP contribution in [0.25, 0.3) is 38.9 Å². The zero-order valence-corrected chi connectivity index (χ0v) is 25.9. The molecular formula is C35H38N4O4. The Balaban J connectivity index is 1.76. The van der Waals surface area contributed by atoms with Crippen LogP contribution >= 0.6 is 0 Å². The van der Waals surface area contributed by atoms with Gasteiger partial charge in [0.15, 0.2) is 5.78 Å². The Morgan fingerprint density at radius 1 is 1.05 bits per heavy atom. The number of rotatable bonds is 5. The molecule has 8 heteroatoms. The number of hydrogen-bond acceptors (Lipinski definition) is 6. The van der Waals surface area contributed by atoms with Crippen molar-refractivity contribution in [2.45, 2.75) is 78.7 Å². The molecule has 2 aromatic rings. The van der Waals surface area contributed by atoms with Gasteiger partial charge in [-0.15, -0.1) is 0 Å². The number of Topliss-reactive ketones (excluding diaryl/α,β-unsaturated/α-hetero) is 1. The van der Waals surface area contributed by atoms with Crippen molar-refractivity contribution < 1.29 is 19.4 Å². The second-order valence-electron chi connectivity index (χ2n) is 12.0. The Kier molecular flexibility index (Phi) is 7.00. The van der Waals surface area contributed by atoms with Gasteiger partial charge in [0.05, 0.1) is 47.1 Å². The minimum Gasteiger partial charge on any atom is -0.469 e. The number of allylic oxidation sites excluding steroid dienone is 4. The molecule has 6 rings (SSSR count). The number of esters is 1. The summed E-state index contributed by atoms with van der Waals surface area (Å²) in [6.07, 6.45) is 0.860. The summed E-state index contributed by atoms with van der Waals surface area (Å²) in [4.78, 5) is 43.1. The van der Waals surface area contributed by atoms with E-state index in [-0.39, 0.29) is 30.0 Å². The Morgan fingerprint density at radius 3 is 2.42 bits per heavy atom. The first-order valence-corrected chi connectivity index (χ1v) is 14.9. The van der Waals surface area contributed by atoms with Crippen molar-refractivity contribution in [3.8, 4) is 0 Å². The Morgan fingerprint density at radius 2 is 1.74 bits per heavy atom. The number of aliphatic hydroxyl groups is 1. The zero-order valence-electron chi connectivity index (χ0n) is 25.9. The smallest absolute Gasteiger partial charge is 0.305 e. The van der Waals surface area contributed by atoms with Crippen molar-refractivity contribution in [3.63, 3.8) is 0 Å². The lowest BCUT2D eigenvalue weighted by molar-refractivity contribution is -0.140. The van der Waals surface area contributed by atoms with Crippen molar-refractivity contribution in [2.75, 3.05) is 7.11 Å². The van der Waals surface area contributed by atoms with Gasteiger partial charge in [0, 0.05) is 51.9 Å². The van der Waals surface area contributed by atoms with Crippen molar-refractivity contribution in [1.82, 2.24) is 19.9 Å². The van der Waals surface area contributed by atoms with E-state index >= 15 is 0 Å². The number of fused-ring (bicyclic) bond motifs is 8. The predicted octanol–water partition coefficient (Wildman–Crippen LogP) is 7.05. The highest BCUT2D eigenvalue weighted by atomic mass is 16.5. The van der Waals surface area contributed by atoms with E-state index in [9.17, 15) is 14.7 Å². The molecule has 0 unspecified atom stereocenters.